The van der Waals surface area contributed by atoms with Crippen LogP contribution < -0.4 is 24.6 Å². The standard InChI is InChI=1S/C27H36N4O4/c1-3-19-35-24-11-7-22(8-12-24)31-26(32)20-25(27(31)33)28-13-4-14-29-15-17-30(18-16-29)21-5-9-23(34-2)10-6-21/h5-12,25,28H,3-4,13-20H2,1-2H3. The first kappa shape index (κ1) is 25.0. The van der Waals surface area contributed by atoms with Crippen LogP contribution in [-0.2, 0) is 9.59 Å². The highest BCUT2D eigenvalue weighted by Gasteiger charge is 2.39. The monoisotopic (exact) mass is 480 g/mol. The van der Waals surface area contributed by atoms with Crippen molar-refractivity contribution in [1.82, 2.24) is 10.2 Å². The van der Waals surface area contributed by atoms with Crippen LogP contribution in [0, 0.1) is 0 Å². The molecule has 2 aliphatic heterocycles. The number of imide groups is 1. The molecule has 0 spiro atoms. The summed E-state index contributed by atoms with van der Waals surface area (Å²) in [5.74, 6) is 1.28. The number of carbonyl (C=O) groups excluding carboxylic acids is 2. The molecule has 188 valence electrons. The Morgan fingerprint density at radius 2 is 1.57 bits per heavy atom. The SMILES string of the molecule is CCCOc1ccc(N2C(=O)CC(NCCCN3CCN(c4ccc(OC)cc4)CC3)C2=O)cc1. The van der Waals surface area contributed by atoms with Gasteiger partial charge in [-0.25, -0.2) is 4.90 Å². The summed E-state index contributed by atoms with van der Waals surface area (Å²) in [6.45, 7) is 8.38. The summed E-state index contributed by atoms with van der Waals surface area (Å²) < 4.78 is 10.8. The molecule has 1 unspecified atom stereocenters. The lowest BCUT2D eigenvalue weighted by molar-refractivity contribution is -0.121. The smallest absolute Gasteiger partial charge is 0.251 e. The van der Waals surface area contributed by atoms with Crippen molar-refractivity contribution < 1.29 is 19.1 Å². The molecule has 8 heteroatoms. The van der Waals surface area contributed by atoms with Gasteiger partial charge in [0.1, 0.15) is 11.5 Å². The molecule has 2 aromatic carbocycles. The quantitative estimate of drug-likeness (QED) is 0.392. The second kappa shape index (κ2) is 12.0. The number of benzene rings is 2. The summed E-state index contributed by atoms with van der Waals surface area (Å²) in [4.78, 5) is 31.5. The lowest BCUT2D eigenvalue weighted by atomic mass is 10.2. The average Bonchev–Trinajstić information content (AvgIpc) is 3.18. The first-order chi connectivity index (χ1) is 17.1. The van der Waals surface area contributed by atoms with E-state index in [-0.39, 0.29) is 18.2 Å². The van der Waals surface area contributed by atoms with Gasteiger partial charge in [0.15, 0.2) is 0 Å². The Morgan fingerprint density at radius 3 is 2.23 bits per heavy atom. The topological polar surface area (TPSA) is 74.3 Å². The summed E-state index contributed by atoms with van der Waals surface area (Å²) in [5.41, 5.74) is 1.83. The highest BCUT2D eigenvalue weighted by atomic mass is 16.5. The number of nitrogens with zero attached hydrogens (tertiary/aromatic N) is 3. The molecule has 2 aliphatic rings. The summed E-state index contributed by atoms with van der Waals surface area (Å²) >= 11 is 0. The lowest BCUT2D eigenvalue weighted by Gasteiger charge is -2.36. The van der Waals surface area contributed by atoms with Crippen LogP contribution in [0.25, 0.3) is 0 Å². The Labute approximate surface area is 207 Å². The van der Waals surface area contributed by atoms with Gasteiger partial charge in [0, 0.05) is 31.9 Å². The van der Waals surface area contributed by atoms with Crippen LogP contribution in [-0.4, -0.2) is 75.7 Å². The van der Waals surface area contributed by atoms with E-state index in [9.17, 15) is 9.59 Å². The molecule has 0 radical (unpaired) electrons. The number of rotatable bonds is 11. The van der Waals surface area contributed by atoms with Gasteiger partial charge in [0.2, 0.25) is 5.91 Å². The number of methoxy groups -OCH3 is 1. The molecule has 0 aliphatic carbocycles. The molecular weight excluding hydrogens is 444 g/mol. The minimum Gasteiger partial charge on any atom is -0.497 e. The second-order valence-electron chi connectivity index (χ2n) is 9.00. The summed E-state index contributed by atoms with van der Waals surface area (Å²) in [5, 5.41) is 3.30. The zero-order valence-corrected chi connectivity index (χ0v) is 20.7. The van der Waals surface area contributed by atoms with Crippen LogP contribution in [0.3, 0.4) is 0 Å². The minimum atomic E-state index is -0.453. The van der Waals surface area contributed by atoms with E-state index in [2.05, 4.69) is 27.2 Å². The molecule has 1 atom stereocenters. The van der Waals surface area contributed by atoms with Crippen molar-refractivity contribution in [2.45, 2.75) is 32.2 Å². The Bertz CT molecular complexity index is 972. The first-order valence-corrected chi connectivity index (χ1v) is 12.5. The zero-order chi connectivity index (χ0) is 24.6. The third kappa shape index (κ3) is 6.32. The zero-order valence-electron chi connectivity index (χ0n) is 20.7. The number of piperazine rings is 1. The largest absolute Gasteiger partial charge is 0.497 e. The highest BCUT2D eigenvalue weighted by Crippen LogP contribution is 2.25. The van der Waals surface area contributed by atoms with Crippen LogP contribution in [0.2, 0.25) is 0 Å². The van der Waals surface area contributed by atoms with Crippen molar-refractivity contribution in [2.24, 2.45) is 0 Å². The average molecular weight is 481 g/mol. The van der Waals surface area contributed by atoms with Crippen LogP contribution in [0.5, 0.6) is 11.5 Å². The van der Waals surface area contributed by atoms with Gasteiger partial charge in [0.25, 0.3) is 5.91 Å². The van der Waals surface area contributed by atoms with Crippen LogP contribution in [0.15, 0.2) is 48.5 Å². The highest BCUT2D eigenvalue weighted by molar-refractivity contribution is 6.22. The van der Waals surface area contributed by atoms with Gasteiger partial charge in [-0.05, 0) is 74.5 Å². The number of hydrogen-bond acceptors (Lipinski definition) is 7. The van der Waals surface area contributed by atoms with Gasteiger partial charge in [-0.1, -0.05) is 6.92 Å². The molecule has 2 saturated heterocycles. The molecule has 0 saturated carbocycles. The molecule has 2 aromatic rings. The molecular formula is C27H36N4O4. The molecule has 2 heterocycles. The lowest BCUT2D eigenvalue weighted by Crippen LogP contribution is -2.47. The van der Waals surface area contributed by atoms with Gasteiger partial charge in [-0.15, -0.1) is 0 Å². The molecule has 2 fully saturated rings. The van der Waals surface area contributed by atoms with Crippen molar-refractivity contribution in [3.63, 3.8) is 0 Å². The number of nitrogens with one attached hydrogen (secondary N) is 1. The number of hydrogen-bond donors (Lipinski definition) is 1. The summed E-state index contributed by atoms with van der Waals surface area (Å²) in [6, 6.07) is 14.9. The maximum Gasteiger partial charge on any atom is 0.251 e. The third-order valence-corrected chi connectivity index (χ3v) is 6.57. The minimum absolute atomic E-state index is 0.163. The molecule has 8 nitrogen and oxygen atoms in total. The van der Waals surface area contributed by atoms with E-state index in [1.54, 1.807) is 31.4 Å². The maximum atomic E-state index is 12.9. The van der Waals surface area contributed by atoms with E-state index in [0.717, 1.165) is 57.1 Å². The van der Waals surface area contributed by atoms with Crippen molar-refractivity contribution >= 4 is 23.2 Å². The normalized spacial score (nSPS) is 18.9. The Hall–Kier alpha value is -3.10. The van der Waals surface area contributed by atoms with Crippen LogP contribution >= 0.6 is 0 Å². The molecule has 4 rings (SSSR count). The summed E-state index contributed by atoms with van der Waals surface area (Å²) in [6.07, 6.45) is 2.07. The molecule has 2 amide bonds. The van der Waals surface area contributed by atoms with E-state index in [1.807, 2.05) is 19.1 Å². The van der Waals surface area contributed by atoms with E-state index >= 15 is 0 Å². The molecule has 1 N–H and O–H groups in total. The molecule has 35 heavy (non-hydrogen) atoms. The number of carbonyl (C=O) groups is 2. The third-order valence-electron chi connectivity index (χ3n) is 6.57. The fraction of sp³-hybridized carbons (Fsp3) is 0.481. The predicted octanol–water partition coefficient (Wildman–Crippen LogP) is 2.92. The fourth-order valence-electron chi connectivity index (χ4n) is 4.58. The number of anilines is 2. The first-order valence-electron chi connectivity index (χ1n) is 12.5. The molecule has 0 bridgehead atoms. The Morgan fingerprint density at radius 1 is 0.914 bits per heavy atom. The van der Waals surface area contributed by atoms with Gasteiger partial charge in [0.05, 0.1) is 31.9 Å². The van der Waals surface area contributed by atoms with Crippen LogP contribution in [0.1, 0.15) is 26.2 Å². The Kier molecular flexibility index (Phi) is 8.60. The van der Waals surface area contributed by atoms with Crippen molar-refractivity contribution in [3.8, 4) is 11.5 Å². The van der Waals surface area contributed by atoms with Crippen molar-refractivity contribution in [3.05, 3.63) is 48.5 Å². The maximum absolute atomic E-state index is 12.9. The van der Waals surface area contributed by atoms with E-state index in [0.29, 0.717) is 18.8 Å². The van der Waals surface area contributed by atoms with Gasteiger partial charge >= 0.3 is 0 Å². The van der Waals surface area contributed by atoms with Gasteiger partial charge in [-0.3, -0.25) is 14.5 Å². The second-order valence-corrected chi connectivity index (χ2v) is 9.00. The van der Waals surface area contributed by atoms with Crippen molar-refractivity contribution in [2.75, 3.05) is 62.8 Å². The van der Waals surface area contributed by atoms with Gasteiger partial charge in [-0.2, -0.15) is 0 Å². The van der Waals surface area contributed by atoms with Crippen molar-refractivity contribution in [1.29, 1.82) is 0 Å². The number of ether oxygens (including phenoxy) is 2. The van der Waals surface area contributed by atoms with Crippen LogP contribution in [0.4, 0.5) is 11.4 Å². The van der Waals surface area contributed by atoms with E-state index in [4.69, 9.17) is 9.47 Å². The summed E-state index contributed by atoms with van der Waals surface area (Å²) in [7, 11) is 1.68. The Balaban J connectivity index is 1.17. The van der Waals surface area contributed by atoms with E-state index < -0.39 is 6.04 Å². The number of amides is 2. The van der Waals surface area contributed by atoms with Gasteiger partial charge < -0.3 is 19.7 Å². The molecule has 0 aromatic heterocycles. The predicted molar refractivity (Wildman–Crippen MR) is 137 cm³/mol. The fourth-order valence-corrected chi connectivity index (χ4v) is 4.58. The van der Waals surface area contributed by atoms with E-state index in [1.165, 1.54) is 10.6 Å².